The molecule has 1 unspecified atom stereocenters. The van der Waals surface area contributed by atoms with Gasteiger partial charge in [-0.05, 0) is 48.9 Å². The zero-order valence-corrected chi connectivity index (χ0v) is 12.9. The van der Waals surface area contributed by atoms with Crippen LogP contribution in [0.2, 0.25) is 0 Å². The first-order chi connectivity index (χ1) is 10.2. The molecule has 0 aliphatic rings. The Morgan fingerprint density at radius 3 is 2.38 bits per heavy atom. The lowest BCUT2D eigenvalue weighted by Crippen LogP contribution is -2.02. The van der Waals surface area contributed by atoms with Gasteiger partial charge < -0.3 is 13.7 Å². The summed E-state index contributed by atoms with van der Waals surface area (Å²) < 4.78 is 28.2. The Morgan fingerprint density at radius 1 is 1.00 bits per heavy atom. The van der Waals surface area contributed by atoms with E-state index in [4.69, 9.17) is 13.7 Å². The van der Waals surface area contributed by atoms with Crippen molar-refractivity contribution in [2.24, 2.45) is 0 Å². The quantitative estimate of drug-likeness (QED) is 0.784. The van der Waals surface area contributed by atoms with E-state index in [9.17, 15) is 4.21 Å². The molecule has 0 fully saturated rings. The van der Waals surface area contributed by atoms with Crippen LogP contribution >= 0.6 is 0 Å². The van der Waals surface area contributed by atoms with Gasteiger partial charge in [-0.3, -0.25) is 0 Å². The van der Waals surface area contributed by atoms with Crippen LogP contribution in [0.25, 0.3) is 0 Å². The highest BCUT2D eigenvalue weighted by atomic mass is 32.2. The fraction of sp³-hybridized carbons (Fsp3) is 0.250. The van der Waals surface area contributed by atoms with Crippen molar-refractivity contribution >= 4 is 11.1 Å². The van der Waals surface area contributed by atoms with Crippen molar-refractivity contribution < 1.29 is 17.9 Å². The van der Waals surface area contributed by atoms with Gasteiger partial charge in [0.25, 0.3) is 0 Å². The average Bonchev–Trinajstić information content (AvgIpc) is 2.54. The summed E-state index contributed by atoms with van der Waals surface area (Å²) in [7, 11) is 1.59. The van der Waals surface area contributed by atoms with Gasteiger partial charge in [-0.1, -0.05) is 13.0 Å². The van der Waals surface area contributed by atoms with E-state index in [0.717, 1.165) is 12.2 Å². The molecule has 5 heteroatoms. The summed E-state index contributed by atoms with van der Waals surface area (Å²) >= 11 is -1.58. The van der Waals surface area contributed by atoms with Crippen LogP contribution in [0.5, 0.6) is 17.2 Å². The molecular weight excluding hydrogens is 288 g/mol. The van der Waals surface area contributed by atoms with Crippen LogP contribution in [0, 0.1) is 0 Å². The van der Waals surface area contributed by atoms with Gasteiger partial charge in [-0.15, -0.1) is 0 Å². The van der Waals surface area contributed by atoms with Crippen LogP contribution in [-0.2, 0) is 11.1 Å². The van der Waals surface area contributed by atoms with Gasteiger partial charge >= 0.3 is 0 Å². The smallest absolute Gasteiger partial charge is 0.240 e. The second kappa shape index (κ2) is 7.69. The molecule has 2 aromatic carbocycles. The lowest BCUT2D eigenvalue weighted by atomic mass is 10.3. The highest BCUT2D eigenvalue weighted by Gasteiger charge is 2.08. The maximum atomic E-state index is 12.2. The predicted octanol–water partition coefficient (Wildman–Crippen LogP) is 3.59. The van der Waals surface area contributed by atoms with E-state index in [-0.39, 0.29) is 0 Å². The standard InChI is InChI=1S/C16H18O4S/c1-3-11-19-15-5-4-6-16(12-15)21(17)20-14-9-7-13(18-2)8-10-14/h4-10,12H,3,11H2,1-2H3. The zero-order valence-electron chi connectivity index (χ0n) is 12.1. The molecule has 0 amide bonds. The van der Waals surface area contributed by atoms with Gasteiger partial charge in [0.05, 0.1) is 18.6 Å². The van der Waals surface area contributed by atoms with Crippen molar-refractivity contribution in [1.29, 1.82) is 0 Å². The number of hydrogen-bond acceptors (Lipinski definition) is 4. The van der Waals surface area contributed by atoms with E-state index in [0.29, 0.717) is 23.0 Å². The average molecular weight is 306 g/mol. The first-order valence-corrected chi connectivity index (χ1v) is 7.77. The van der Waals surface area contributed by atoms with Crippen LogP contribution in [0.1, 0.15) is 13.3 Å². The second-order valence-corrected chi connectivity index (χ2v) is 5.42. The van der Waals surface area contributed by atoms with Crippen LogP contribution in [-0.4, -0.2) is 17.9 Å². The zero-order chi connectivity index (χ0) is 15.1. The van der Waals surface area contributed by atoms with E-state index in [1.54, 1.807) is 49.6 Å². The Morgan fingerprint density at radius 2 is 1.71 bits per heavy atom. The van der Waals surface area contributed by atoms with E-state index in [1.165, 1.54) is 0 Å². The summed E-state index contributed by atoms with van der Waals surface area (Å²) in [6, 6.07) is 14.1. The summed E-state index contributed by atoms with van der Waals surface area (Å²) in [6.45, 7) is 2.67. The van der Waals surface area contributed by atoms with Crippen LogP contribution in [0.4, 0.5) is 0 Å². The van der Waals surface area contributed by atoms with Gasteiger partial charge in [0, 0.05) is 0 Å². The summed E-state index contributed by atoms with van der Waals surface area (Å²) in [4.78, 5) is 0.569. The molecule has 1 atom stereocenters. The Kier molecular flexibility index (Phi) is 5.63. The molecule has 0 saturated heterocycles. The maximum absolute atomic E-state index is 12.2. The van der Waals surface area contributed by atoms with E-state index in [2.05, 4.69) is 0 Å². The molecule has 0 aliphatic carbocycles. The van der Waals surface area contributed by atoms with Crippen molar-refractivity contribution in [2.75, 3.05) is 13.7 Å². The highest BCUT2D eigenvalue weighted by molar-refractivity contribution is 7.80. The fourth-order valence-corrected chi connectivity index (χ4v) is 2.44. The van der Waals surface area contributed by atoms with E-state index in [1.807, 2.05) is 13.0 Å². The molecule has 0 heterocycles. The number of rotatable bonds is 7. The van der Waals surface area contributed by atoms with E-state index >= 15 is 0 Å². The molecule has 0 bridgehead atoms. The van der Waals surface area contributed by atoms with Gasteiger partial charge in [0.1, 0.15) is 17.2 Å². The molecule has 2 aromatic rings. The molecule has 21 heavy (non-hydrogen) atoms. The molecular formula is C16H18O4S. The summed E-state index contributed by atoms with van der Waals surface area (Å²) in [5.41, 5.74) is 0. The monoisotopic (exact) mass is 306 g/mol. The number of methoxy groups -OCH3 is 1. The molecule has 0 spiro atoms. The SMILES string of the molecule is CCCOc1cccc(S(=O)Oc2ccc(OC)cc2)c1. The number of hydrogen-bond donors (Lipinski definition) is 0. The maximum Gasteiger partial charge on any atom is 0.240 e. The lowest BCUT2D eigenvalue weighted by molar-refractivity contribution is 0.316. The van der Waals surface area contributed by atoms with E-state index < -0.39 is 11.1 Å². The Labute approximate surface area is 127 Å². The predicted molar refractivity (Wildman–Crippen MR) is 82.3 cm³/mol. The minimum absolute atomic E-state index is 0.522. The van der Waals surface area contributed by atoms with Crippen LogP contribution < -0.4 is 13.7 Å². The topological polar surface area (TPSA) is 44.8 Å². The molecule has 0 saturated carbocycles. The lowest BCUT2D eigenvalue weighted by Gasteiger charge is -2.08. The van der Waals surface area contributed by atoms with Crippen LogP contribution in [0.15, 0.2) is 53.4 Å². The molecule has 2 rings (SSSR count). The van der Waals surface area contributed by atoms with Gasteiger partial charge in [0.15, 0.2) is 0 Å². The normalized spacial score (nSPS) is 11.7. The number of benzene rings is 2. The molecule has 0 aliphatic heterocycles. The fourth-order valence-electron chi connectivity index (χ4n) is 1.65. The second-order valence-electron chi connectivity index (χ2n) is 4.32. The van der Waals surface area contributed by atoms with Gasteiger partial charge in [-0.25, -0.2) is 4.21 Å². The van der Waals surface area contributed by atoms with Crippen molar-refractivity contribution in [3.8, 4) is 17.2 Å². The largest absolute Gasteiger partial charge is 0.497 e. The number of ether oxygens (including phenoxy) is 2. The molecule has 112 valence electrons. The molecule has 4 nitrogen and oxygen atoms in total. The third-order valence-electron chi connectivity index (χ3n) is 2.70. The molecule has 0 radical (unpaired) electrons. The van der Waals surface area contributed by atoms with Crippen molar-refractivity contribution in [2.45, 2.75) is 18.2 Å². The first kappa shape index (κ1) is 15.4. The third kappa shape index (κ3) is 4.49. The summed E-state index contributed by atoms with van der Waals surface area (Å²) in [6.07, 6.45) is 0.926. The Bertz CT molecular complexity index is 595. The summed E-state index contributed by atoms with van der Waals surface area (Å²) in [5.74, 6) is 1.94. The third-order valence-corrected chi connectivity index (χ3v) is 3.68. The first-order valence-electron chi connectivity index (χ1n) is 6.70. The minimum Gasteiger partial charge on any atom is -0.497 e. The van der Waals surface area contributed by atoms with Gasteiger partial charge in [-0.2, -0.15) is 0 Å². The summed E-state index contributed by atoms with van der Waals surface area (Å²) in [5, 5.41) is 0. The highest BCUT2D eigenvalue weighted by Crippen LogP contribution is 2.21. The van der Waals surface area contributed by atoms with Crippen molar-refractivity contribution in [3.63, 3.8) is 0 Å². The van der Waals surface area contributed by atoms with Crippen molar-refractivity contribution in [1.82, 2.24) is 0 Å². The van der Waals surface area contributed by atoms with Crippen LogP contribution in [0.3, 0.4) is 0 Å². The van der Waals surface area contributed by atoms with Crippen molar-refractivity contribution in [3.05, 3.63) is 48.5 Å². The molecule has 0 aromatic heterocycles. The molecule has 0 N–H and O–H groups in total. The minimum atomic E-state index is -1.58. The van der Waals surface area contributed by atoms with Gasteiger partial charge in [0.2, 0.25) is 11.1 Å². The Balaban J connectivity index is 2.05. The Hall–Kier alpha value is -2.01.